The monoisotopic (exact) mass is 326 g/mol. The second kappa shape index (κ2) is 8.00. The van der Waals surface area contributed by atoms with Crippen LogP contribution in [0.1, 0.15) is 58.3 Å². The van der Waals surface area contributed by atoms with Gasteiger partial charge in [-0.3, -0.25) is 0 Å². The van der Waals surface area contributed by atoms with Crippen molar-refractivity contribution in [2.45, 2.75) is 46.0 Å². The summed E-state index contributed by atoms with van der Waals surface area (Å²) in [7, 11) is 1.41. The molecule has 3 heteroatoms. The number of hydrogen-bond donors (Lipinski definition) is 1. The van der Waals surface area contributed by atoms with E-state index in [2.05, 4.69) is 13.0 Å². The van der Waals surface area contributed by atoms with Crippen LogP contribution in [0.4, 0.5) is 0 Å². The first-order valence-electron chi connectivity index (χ1n) is 8.43. The lowest BCUT2D eigenvalue weighted by Gasteiger charge is -2.17. The summed E-state index contributed by atoms with van der Waals surface area (Å²) in [4.78, 5) is 11.7. The summed E-state index contributed by atoms with van der Waals surface area (Å²) in [5.74, 6) is 0.510. The Hall–Kier alpha value is -2.29. The maximum atomic E-state index is 11.7. The van der Waals surface area contributed by atoms with Crippen molar-refractivity contribution in [3.63, 3.8) is 0 Å². The number of methoxy groups -OCH3 is 1. The lowest BCUT2D eigenvalue weighted by molar-refractivity contribution is 0.0600. The Kier molecular flexibility index (Phi) is 6.02. The van der Waals surface area contributed by atoms with Crippen molar-refractivity contribution in [2.24, 2.45) is 0 Å². The number of hydrogen-bond acceptors (Lipinski definition) is 3. The molecule has 0 spiro atoms. The predicted molar refractivity (Wildman–Crippen MR) is 96.7 cm³/mol. The Morgan fingerprint density at radius 3 is 2.46 bits per heavy atom. The number of esters is 1. The van der Waals surface area contributed by atoms with Gasteiger partial charge in [0.2, 0.25) is 0 Å². The van der Waals surface area contributed by atoms with Crippen molar-refractivity contribution in [1.29, 1.82) is 0 Å². The van der Waals surface area contributed by atoms with Gasteiger partial charge in [-0.05, 0) is 73.4 Å². The summed E-state index contributed by atoms with van der Waals surface area (Å²) < 4.78 is 4.81. The van der Waals surface area contributed by atoms with E-state index in [4.69, 9.17) is 4.74 Å². The smallest absolute Gasteiger partial charge is 0.338 e. The summed E-state index contributed by atoms with van der Waals surface area (Å²) in [5, 5.41) is 9.63. The average Bonchev–Trinajstić information content (AvgIpc) is 2.58. The van der Waals surface area contributed by atoms with E-state index in [1.807, 2.05) is 38.1 Å². The Bertz CT molecular complexity index is 719. The first kappa shape index (κ1) is 18.1. The molecule has 0 aliphatic heterocycles. The quantitative estimate of drug-likeness (QED) is 0.766. The van der Waals surface area contributed by atoms with Crippen LogP contribution in [-0.4, -0.2) is 18.2 Å². The molecule has 128 valence electrons. The molecule has 2 rings (SSSR count). The first-order chi connectivity index (χ1) is 11.5. The van der Waals surface area contributed by atoms with Gasteiger partial charge in [0.1, 0.15) is 5.75 Å². The molecule has 0 aliphatic carbocycles. The molecule has 0 saturated heterocycles. The molecule has 0 saturated carbocycles. The van der Waals surface area contributed by atoms with Gasteiger partial charge < -0.3 is 9.84 Å². The number of carbonyl (C=O) groups excluding carboxylic acids is 1. The van der Waals surface area contributed by atoms with Crippen LogP contribution in [0.2, 0.25) is 0 Å². The molecule has 1 unspecified atom stereocenters. The molecular formula is C21H26O3. The lowest BCUT2D eigenvalue weighted by Crippen LogP contribution is -2.06. The van der Waals surface area contributed by atoms with Crippen LogP contribution in [0.15, 0.2) is 36.4 Å². The fourth-order valence-electron chi connectivity index (χ4n) is 3.10. The van der Waals surface area contributed by atoms with Gasteiger partial charge in [0.15, 0.2) is 0 Å². The van der Waals surface area contributed by atoms with Crippen LogP contribution in [0, 0.1) is 13.8 Å². The second-order valence-electron chi connectivity index (χ2n) is 6.33. The number of benzene rings is 2. The Morgan fingerprint density at radius 1 is 1.12 bits per heavy atom. The zero-order valence-electron chi connectivity index (χ0n) is 14.9. The van der Waals surface area contributed by atoms with Gasteiger partial charge in [-0.15, -0.1) is 0 Å². The van der Waals surface area contributed by atoms with Crippen molar-refractivity contribution in [3.8, 4) is 5.75 Å². The maximum Gasteiger partial charge on any atom is 0.338 e. The van der Waals surface area contributed by atoms with Crippen molar-refractivity contribution >= 4 is 5.97 Å². The van der Waals surface area contributed by atoms with Gasteiger partial charge in [-0.25, -0.2) is 4.79 Å². The summed E-state index contributed by atoms with van der Waals surface area (Å²) in [6.07, 6.45) is 3.06. The number of aryl methyl sites for hydroxylation is 3. The van der Waals surface area contributed by atoms with E-state index in [1.54, 1.807) is 6.07 Å². The minimum absolute atomic E-state index is 0.285. The molecule has 0 radical (unpaired) electrons. The lowest BCUT2D eigenvalue weighted by atomic mass is 9.88. The second-order valence-corrected chi connectivity index (χ2v) is 6.33. The molecule has 0 amide bonds. The van der Waals surface area contributed by atoms with Gasteiger partial charge in [-0.1, -0.05) is 31.2 Å². The largest absolute Gasteiger partial charge is 0.508 e. The van der Waals surface area contributed by atoms with E-state index in [1.165, 1.54) is 18.2 Å². The Balaban J connectivity index is 2.12. The highest BCUT2D eigenvalue weighted by Gasteiger charge is 2.14. The van der Waals surface area contributed by atoms with E-state index < -0.39 is 0 Å². The summed E-state index contributed by atoms with van der Waals surface area (Å²) >= 11 is 0. The average molecular weight is 326 g/mol. The summed E-state index contributed by atoms with van der Waals surface area (Å²) in [5.41, 5.74) is 5.01. The maximum absolute atomic E-state index is 11.7. The number of ether oxygens (including phenoxy) is 1. The highest BCUT2D eigenvalue weighted by Crippen LogP contribution is 2.28. The molecule has 0 aromatic heterocycles. The summed E-state index contributed by atoms with van der Waals surface area (Å²) in [6, 6.07) is 11.8. The number of rotatable bonds is 6. The van der Waals surface area contributed by atoms with Crippen LogP contribution in [0.5, 0.6) is 5.75 Å². The van der Waals surface area contributed by atoms with Crippen LogP contribution < -0.4 is 0 Å². The van der Waals surface area contributed by atoms with E-state index in [-0.39, 0.29) is 5.97 Å². The summed E-state index contributed by atoms with van der Waals surface area (Å²) in [6.45, 7) is 6.06. The normalized spacial score (nSPS) is 12.0. The molecule has 0 aliphatic rings. The molecular weight excluding hydrogens is 300 g/mol. The van der Waals surface area contributed by atoms with E-state index in [9.17, 15) is 9.90 Å². The molecule has 24 heavy (non-hydrogen) atoms. The van der Waals surface area contributed by atoms with Gasteiger partial charge in [-0.2, -0.15) is 0 Å². The van der Waals surface area contributed by atoms with E-state index >= 15 is 0 Å². The molecule has 0 bridgehead atoms. The zero-order valence-corrected chi connectivity index (χ0v) is 14.9. The topological polar surface area (TPSA) is 46.5 Å². The van der Waals surface area contributed by atoms with Crippen LogP contribution in [0.25, 0.3) is 0 Å². The van der Waals surface area contributed by atoms with E-state index in [0.29, 0.717) is 17.2 Å². The van der Waals surface area contributed by atoms with E-state index in [0.717, 1.165) is 30.4 Å². The number of phenols is 1. The first-order valence-corrected chi connectivity index (χ1v) is 8.43. The highest BCUT2D eigenvalue weighted by atomic mass is 16.5. The molecule has 2 aromatic rings. The van der Waals surface area contributed by atoms with Gasteiger partial charge in [0, 0.05) is 0 Å². The third kappa shape index (κ3) is 4.16. The molecule has 0 fully saturated rings. The molecule has 0 heterocycles. The van der Waals surface area contributed by atoms with Crippen LogP contribution in [-0.2, 0) is 11.2 Å². The van der Waals surface area contributed by atoms with Crippen molar-refractivity contribution in [2.75, 3.05) is 7.11 Å². The van der Waals surface area contributed by atoms with Crippen molar-refractivity contribution in [1.82, 2.24) is 0 Å². The third-order valence-electron chi connectivity index (χ3n) is 4.66. The van der Waals surface area contributed by atoms with Gasteiger partial charge >= 0.3 is 5.97 Å². The third-order valence-corrected chi connectivity index (χ3v) is 4.66. The minimum Gasteiger partial charge on any atom is -0.508 e. The fourth-order valence-corrected chi connectivity index (χ4v) is 3.10. The van der Waals surface area contributed by atoms with Crippen LogP contribution in [0.3, 0.4) is 0 Å². The number of aromatic hydroxyl groups is 1. The molecule has 3 nitrogen and oxygen atoms in total. The molecule has 1 atom stereocenters. The van der Waals surface area contributed by atoms with Crippen LogP contribution >= 0.6 is 0 Å². The number of phenolic OH excluding ortho intramolecular Hbond substituents is 1. The molecule has 1 N–H and O–H groups in total. The van der Waals surface area contributed by atoms with Gasteiger partial charge in [0.25, 0.3) is 0 Å². The molecule has 2 aromatic carbocycles. The standard InChI is InChI=1S/C21H26O3/c1-5-17(8-6-16-7-11-20(22)15(3)12-16)18-9-10-19(14(2)13-18)21(23)24-4/h7,9-13,17,22H,5-6,8H2,1-4H3. The SMILES string of the molecule is CCC(CCc1ccc(O)c(C)c1)c1ccc(C(=O)OC)c(C)c1. The fraction of sp³-hybridized carbons (Fsp3) is 0.381. The van der Waals surface area contributed by atoms with Crippen molar-refractivity contribution in [3.05, 3.63) is 64.2 Å². The highest BCUT2D eigenvalue weighted by molar-refractivity contribution is 5.91. The minimum atomic E-state index is -0.285. The zero-order chi connectivity index (χ0) is 17.7. The number of carbonyl (C=O) groups is 1. The Labute approximate surface area is 144 Å². The Morgan fingerprint density at radius 2 is 1.88 bits per heavy atom. The predicted octanol–water partition coefficient (Wildman–Crippen LogP) is 4.92. The van der Waals surface area contributed by atoms with Gasteiger partial charge in [0.05, 0.1) is 12.7 Å². The van der Waals surface area contributed by atoms with Crippen molar-refractivity contribution < 1.29 is 14.6 Å².